The molecule has 14 heavy (non-hydrogen) atoms. The first-order valence-electron chi connectivity index (χ1n) is 4.97. The van der Waals surface area contributed by atoms with E-state index < -0.39 is 12.0 Å². The molecule has 0 aromatic rings. The molecule has 0 aromatic heterocycles. The summed E-state index contributed by atoms with van der Waals surface area (Å²) in [4.78, 5) is 10.9. The van der Waals surface area contributed by atoms with Crippen molar-refractivity contribution in [2.45, 2.75) is 25.6 Å². The second-order valence-electron chi connectivity index (χ2n) is 3.29. The van der Waals surface area contributed by atoms with Crippen LogP contribution in [-0.4, -0.2) is 44.4 Å². The SMILES string of the molecule is CCO[C@@H]1CCO[C@H](C(N)=O)CNC1. The quantitative estimate of drug-likeness (QED) is 0.632. The molecule has 0 saturated carbocycles. The first-order chi connectivity index (χ1) is 6.74. The third-order valence-corrected chi connectivity index (χ3v) is 2.18. The van der Waals surface area contributed by atoms with Crippen molar-refractivity contribution in [3.63, 3.8) is 0 Å². The molecule has 82 valence electrons. The van der Waals surface area contributed by atoms with Gasteiger partial charge in [-0.3, -0.25) is 4.79 Å². The molecule has 1 rings (SSSR count). The van der Waals surface area contributed by atoms with Gasteiger partial charge >= 0.3 is 0 Å². The standard InChI is InChI=1S/C9H18N2O3/c1-2-13-7-3-4-14-8(9(10)12)6-11-5-7/h7-8,11H,2-6H2,1H3,(H2,10,12)/t7-,8+/m1/s1. The van der Waals surface area contributed by atoms with Gasteiger partial charge in [-0.2, -0.15) is 0 Å². The fraction of sp³-hybridized carbons (Fsp3) is 0.889. The molecule has 5 heteroatoms. The summed E-state index contributed by atoms with van der Waals surface area (Å²) in [5.41, 5.74) is 5.15. The third kappa shape index (κ3) is 3.61. The lowest BCUT2D eigenvalue weighted by Crippen LogP contribution is -2.45. The summed E-state index contributed by atoms with van der Waals surface area (Å²) >= 11 is 0. The summed E-state index contributed by atoms with van der Waals surface area (Å²) in [6, 6.07) is 0. The topological polar surface area (TPSA) is 73.6 Å². The van der Waals surface area contributed by atoms with Crippen LogP contribution in [0.2, 0.25) is 0 Å². The Bertz CT molecular complexity index is 177. The molecule has 2 atom stereocenters. The van der Waals surface area contributed by atoms with Crippen molar-refractivity contribution in [1.29, 1.82) is 0 Å². The van der Waals surface area contributed by atoms with Crippen LogP contribution in [0, 0.1) is 0 Å². The number of hydrogen-bond donors (Lipinski definition) is 2. The monoisotopic (exact) mass is 202 g/mol. The number of primary amides is 1. The Morgan fingerprint density at radius 3 is 3.07 bits per heavy atom. The average Bonchev–Trinajstić information content (AvgIpc) is 2.08. The van der Waals surface area contributed by atoms with E-state index in [2.05, 4.69) is 5.32 Å². The molecule has 0 aliphatic carbocycles. The van der Waals surface area contributed by atoms with Crippen molar-refractivity contribution in [2.75, 3.05) is 26.3 Å². The fourth-order valence-electron chi connectivity index (χ4n) is 1.44. The van der Waals surface area contributed by atoms with Crippen molar-refractivity contribution in [2.24, 2.45) is 5.73 Å². The van der Waals surface area contributed by atoms with Gasteiger partial charge in [0, 0.05) is 19.7 Å². The Balaban J connectivity index is 2.31. The van der Waals surface area contributed by atoms with E-state index in [1.54, 1.807) is 0 Å². The largest absolute Gasteiger partial charge is 0.377 e. The smallest absolute Gasteiger partial charge is 0.247 e. The number of ether oxygens (including phenoxy) is 2. The van der Waals surface area contributed by atoms with E-state index in [0.29, 0.717) is 19.8 Å². The van der Waals surface area contributed by atoms with Crippen LogP contribution in [0.1, 0.15) is 13.3 Å². The second kappa shape index (κ2) is 5.95. The lowest BCUT2D eigenvalue weighted by atomic mass is 10.2. The van der Waals surface area contributed by atoms with Crippen LogP contribution in [0.4, 0.5) is 0 Å². The minimum absolute atomic E-state index is 0.175. The first kappa shape index (κ1) is 11.4. The number of rotatable bonds is 3. The highest BCUT2D eigenvalue weighted by Gasteiger charge is 2.20. The summed E-state index contributed by atoms with van der Waals surface area (Å²) in [7, 11) is 0. The van der Waals surface area contributed by atoms with Crippen LogP contribution in [0.25, 0.3) is 0 Å². The highest BCUT2D eigenvalue weighted by molar-refractivity contribution is 5.79. The zero-order valence-electron chi connectivity index (χ0n) is 8.49. The summed E-state index contributed by atoms with van der Waals surface area (Å²) in [5, 5.41) is 3.10. The third-order valence-electron chi connectivity index (χ3n) is 2.18. The zero-order valence-corrected chi connectivity index (χ0v) is 8.49. The molecule has 1 fully saturated rings. The van der Waals surface area contributed by atoms with Crippen molar-refractivity contribution < 1.29 is 14.3 Å². The van der Waals surface area contributed by atoms with Gasteiger partial charge in [0.05, 0.1) is 12.7 Å². The minimum Gasteiger partial charge on any atom is -0.377 e. The van der Waals surface area contributed by atoms with E-state index in [1.165, 1.54) is 0 Å². The van der Waals surface area contributed by atoms with Gasteiger partial charge in [0.25, 0.3) is 0 Å². The zero-order chi connectivity index (χ0) is 10.4. The molecule has 0 spiro atoms. The Hall–Kier alpha value is -0.650. The molecular formula is C9H18N2O3. The van der Waals surface area contributed by atoms with Gasteiger partial charge in [0.2, 0.25) is 5.91 Å². The number of carbonyl (C=O) groups excluding carboxylic acids is 1. The normalized spacial score (nSPS) is 29.2. The molecule has 0 bridgehead atoms. The van der Waals surface area contributed by atoms with E-state index in [9.17, 15) is 4.79 Å². The Morgan fingerprint density at radius 2 is 2.43 bits per heavy atom. The van der Waals surface area contributed by atoms with Crippen LogP contribution >= 0.6 is 0 Å². The van der Waals surface area contributed by atoms with Gasteiger partial charge in [0.15, 0.2) is 0 Å². The minimum atomic E-state index is -0.502. The van der Waals surface area contributed by atoms with Gasteiger partial charge in [-0.15, -0.1) is 0 Å². The van der Waals surface area contributed by atoms with Crippen LogP contribution in [0.5, 0.6) is 0 Å². The molecule has 1 aliphatic rings. The van der Waals surface area contributed by atoms with E-state index in [0.717, 1.165) is 13.0 Å². The van der Waals surface area contributed by atoms with Crippen molar-refractivity contribution in [1.82, 2.24) is 5.32 Å². The molecule has 1 heterocycles. The highest BCUT2D eigenvalue weighted by atomic mass is 16.5. The van der Waals surface area contributed by atoms with Gasteiger partial charge in [0.1, 0.15) is 6.10 Å². The van der Waals surface area contributed by atoms with Gasteiger partial charge in [-0.05, 0) is 13.3 Å². The lowest BCUT2D eigenvalue weighted by Gasteiger charge is -2.24. The predicted molar refractivity (Wildman–Crippen MR) is 51.8 cm³/mol. The van der Waals surface area contributed by atoms with E-state index in [4.69, 9.17) is 15.2 Å². The van der Waals surface area contributed by atoms with Crippen LogP contribution in [0.3, 0.4) is 0 Å². The second-order valence-corrected chi connectivity index (χ2v) is 3.29. The molecule has 1 aliphatic heterocycles. The van der Waals surface area contributed by atoms with Crippen LogP contribution < -0.4 is 11.1 Å². The summed E-state index contributed by atoms with van der Waals surface area (Å²) < 4.78 is 10.8. The van der Waals surface area contributed by atoms with Gasteiger partial charge in [-0.1, -0.05) is 0 Å². The highest BCUT2D eigenvalue weighted by Crippen LogP contribution is 2.03. The van der Waals surface area contributed by atoms with E-state index in [-0.39, 0.29) is 6.10 Å². The van der Waals surface area contributed by atoms with Crippen molar-refractivity contribution in [3.8, 4) is 0 Å². The molecule has 5 nitrogen and oxygen atoms in total. The number of nitrogens with one attached hydrogen (secondary N) is 1. The predicted octanol–water partition coefficient (Wildman–Crippen LogP) is -0.745. The Labute approximate surface area is 83.9 Å². The van der Waals surface area contributed by atoms with Crippen molar-refractivity contribution >= 4 is 5.91 Å². The maximum atomic E-state index is 10.9. The van der Waals surface area contributed by atoms with Gasteiger partial charge in [-0.25, -0.2) is 0 Å². The van der Waals surface area contributed by atoms with Crippen LogP contribution in [0.15, 0.2) is 0 Å². The summed E-state index contributed by atoms with van der Waals surface area (Å²) in [6.45, 7) is 4.41. The Kier molecular flexibility index (Phi) is 4.86. The van der Waals surface area contributed by atoms with Crippen molar-refractivity contribution in [3.05, 3.63) is 0 Å². The Morgan fingerprint density at radius 1 is 1.64 bits per heavy atom. The maximum absolute atomic E-state index is 10.9. The summed E-state index contributed by atoms with van der Waals surface area (Å²) in [5.74, 6) is -0.410. The molecule has 0 radical (unpaired) electrons. The molecule has 0 unspecified atom stereocenters. The summed E-state index contributed by atoms with van der Waals surface area (Å²) in [6.07, 6.45) is 0.469. The molecule has 1 amide bonds. The molecule has 0 aromatic carbocycles. The van der Waals surface area contributed by atoms with Crippen LogP contribution in [-0.2, 0) is 14.3 Å². The fourth-order valence-corrected chi connectivity index (χ4v) is 1.44. The number of carbonyl (C=O) groups is 1. The number of hydrogen-bond acceptors (Lipinski definition) is 4. The number of nitrogens with two attached hydrogens (primary N) is 1. The lowest BCUT2D eigenvalue weighted by molar-refractivity contribution is -0.130. The molecular weight excluding hydrogens is 184 g/mol. The van der Waals surface area contributed by atoms with E-state index >= 15 is 0 Å². The first-order valence-corrected chi connectivity index (χ1v) is 4.97. The van der Waals surface area contributed by atoms with Gasteiger partial charge < -0.3 is 20.5 Å². The van der Waals surface area contributed by atoms with E-state index in [1.807, 2.05) is 6.92 Å². The molecule has 1 saturated heterocycles. The molecule has 3 N–H and O–H groups in total. The maximum Gasteiger partial charge on any atom is 0.247 e. The number of amides is 1. The average molecular weight is 202 g/mol.